The Morgan fingerprint density at radius 1 is 1.19 bits per heavy atom. The summed E-state index contributed by atoms with van der Waals surface area (Å²) in [5.74, 6) is 0.376. The Kier molecular flexibility index (Phi) is 4.44. The number of carbonyl (C=O) groups excluding carboxylic acids is 1. The van der Waals surface area contributed by atoms with E-state index in [9.17, 15) is 4.79 Å². The highest BCUT2D eigenvalue weighted by atomic mass is 16.1. The number of hydrogen-bond donors (Lipinski definition) is 2. The van der Waals surface area contributed by atoms with E-state index in [0.29, 0.717) is 0 Å². The standard InChI is InChI=1S/C17H25N3O/c1-18-17(21)13-8-10-20(11-9-13)16-5-3-2-4-14(16)12-19-15-6-7-15/h2-5,13,15,19H,6-12H2,1H3,(H,18,21). The Balaban J connectivity index is 1.62. The van der Waals surface area contributed by atoms with Crippen molar-refractivity contribution in [3.05, 3.63) is 29.8 Å². The summed E-state index contributed by atoms with van der Waals surface area (Å²) in [6, 6.07) is 9.39. The molecule has 1 heterocycles. The van der Waals surface area contributed by atoms with Crippen molar-refractivity contribution >= 4 is 11.6 Å². The maximum atomic E-state index is 11.7. The van der Waals surface area contributed by atoms with Gasteiger partial charge >= 0.3 is 0 Å². The molecule has 0 aromatic heterocycles. The number of carbonyl (C=O) groups is 1. The van der Waals surface area contributed by atoms with Crippen LogP contribution >= 0.6 is 0 Å². The van der Waals surface area contributed by atoms with Crippen LogP contribution in [0.25, 0.3) is 0 Å². The van der Waals surface area contributed by atoms with Crippen LogP contribution in [0, 0.1) is 5.92 Å². The molecule has 1 aromatic rings. The second-order valence-electron chi connectivity index (χ2n) is 6.16. The first-order chi connectivity index (χ1) is 10.3. The lowest BCUT2D eigenvalue weighted by Gasteiger charge is -2.34. The maximum absolute atomic E-state index is 11.7. The van der Waals surface area contributed by atoms with Gasteiger partial charge in [-0.1, -0.05) is 18.2 Å². The van der Waals surface area contributed by atoms with Crippen LogP contribution in [0.15, 0.2) is 24.3 Å². The number of nitrogens with zero attached hydrogens (tertiary/aromatic N) is 1. The minimum atomic E-state index is 0.183. The highest BCUT2D eigenvalue weighted by Crippen LogP contribution is 2.27. The average Bonchev–Trinajstić information content (AvgIpc) is 3.37. The van der Waals surface area contributed by atoms with E-state index in [2.05, 4.69) is 39.8 Å². The highest BCUT2D eigenvalue weighted by molar-refractivity contribution is 5.78. The molecule has 0 unspecified atom stereocenters. The van der Waals surface area contributed by atoms with Crippen LogP contribution in [0.3, 0.4) is 0 Å². The van der Waals surface area contributed by atoms with Gasteiger partial charge in [0.05, 0.1) is 0 Å². The fourth-order valence-corrected chi connectivity index (χ4v) is 3.10. The van der Waals surface area contributed by atoms with Crippen molar-refractivity contribution < 1.29 is 4.79 Å². The molecule has 0 atom stereocenters. The van der Waals surface area contributed by atoms with Gasteiger partial charge < -0.3 is 15.5 Å². The summed E-state index contributed by atoms with van der Waals surface area (Å²) in [5.41, 5.74) is 2.71. The minimum absolute atomic E-state index is 0.183. The molecule has 4 nitrogen and oxygen atoms in total. The summed E-state index contributed by atoms with van der Waals surface area (Å²) < 4.78 is 0. The number of rotatable bonds is 5. The molecule has 3 rings (SSSR count). The first-order valence-corrected chi connectivity index (χ1v) is 8.05. The van der Waals surface area contributed by atoms with E-state index in [1.54, 1.807) is 7.05 Å². The van der Waals surface area contributed by atoms with E-state index in [1.807, 2.05) is 0 Å². The molecule has 2 fully saturated rings. The molecular weight excluding hydrogens is 262 g/mol. The van der Waals surface area contributed by atoms with Crippen molar-refractivity contribution in [1.82, 2.24) is 10.6 Å². The van der Waals surface area contributed by atoms with E-state index < -0.39 is 0 Å². The predicted octanol–water partition coefficient (Wildman–Crippen LogP) is 1.90. The van der Waals surface area contributed by atoms with Gasteiger partial charge in [-0.25, -0.2) is 0 Å². The molecule has 1 aliphatic heterocycles. The Bertz CT molecular complexity index is 491. The summed E-state index contributed by atoms with van der Waals surface area (Å²) in [6.45, 7) is 2.90. The number of nitrogens with one attached hydrogen (secondary N) is 2. The number of piperidine rings is 1. The first kappa shape index (κ1) is 14.4. The first-order valence-electron chi connectivity index (χ1n) is 8.05. The molecule has 2 aliphatic rings. The second-order valence-corrected chi connectivity index (χ2v) is 6.16. The van der Waals surface area contributed by atoms with Crippen molar-refractivity contribution in [3.8, 4) is 0 Å². The monoisotopic (exact) mass is 287 g/mol. The average molecular weight is 287 g/mol. The molecule has 1 saturated carbocycles. The number of hydrogen-bond acceptors (Lipinski definition) is 3. The van der Waals surface area contributed by atoms with Crippen LogP contribution in [0.1, 0.15) is 31.2 Å². The smallest absolute Gasteiger partial charge is 0.222 e. The molecule has 0 spiro atoms. The molecule has 2 N–H and O–H groups in total. The molecule has 114 valence electrons. The van der Waals surface area contributed by atoms with Crippen LogP contribution in [0.2, 0.25) is 0 Å². The van der Waals surface area contributed by atoms with E-state index in [0.717, 1.165) is 38.5 Å². The number of para-hydroxylation sites is 1. The van der Waals surface area contributed by atoms with Gasteiger partial charge in [0.2, 0.25) is 5.91 Å². The van der Waals surface area contributed by atoms with Gasteiger partial charge in [0, 0.05) is 44.3 Å². The molecule has 21 heavy (non-hydrogen) atoms. The molecular formula is C17H25N3O. The predicted molar refractivity (Wildman–Crippen MR) is 85.3 cm³/mol. The Hall–Kier alpha value is -1.55. The van der Waals surface area contributed by atoms with Gasteiger partial charge in [-0.2, -0.15) is 0 Å². The lowest BCUT2D eigenvalue weighted by atomic mass is 9.95. The van der Waals surface area contributed by atoms with E-state index in [-0.39, 0.29) is 11.8 Å². The zero-order chi connectivity index (χ0) is 14.7. The largest absolute Gasteiger partial charge is 0.371 e. The van der Waals surface area contributed by atoms with Crippen LogP contribution in [-0.4, -0.2) is 32.1 Å². The SMILES string of the molecule is CNC(=O)C1CCN(c2ccccc2CNC2CC2)CC1. The third kappa shape index (κ3) is 3.56. The molecule has 1 aromatic carbocycles. The van der Waals surface area contributed by atoms with Gasteiger partial charge in [0.1, 0.15) is 0 Å². The quantitative estimate of drug-likeness (QED) is 0.869. The van der Waals surface area contributed by atoms with Gasteiger partial charge in [-0.15, -0.1) is 0 Å². The lowest BCUT2D eigenvalue weighted by molar-refractivity contribution is -0.125. The zero-order valence-electron chi connectivity index (χ0n) is 12.8. The molecule has 4 heteroatoms. The molecule has 0 bridgehead atoms. The highest BCUT2D eigenvalue weighted by Gasteiger charge is 2.25. The minimum Gasteiger partial charge on any atom is -0.371 e. The van der Waals surface area contributed by atoms with Crippen LogP contribution in [-0.2, 0) is 11.3 Å². The Labute approximate surface area is 126 Å². The zero-order valence-corrected chi connectivity index (χ0v) is 12.8. The van der Waals surface area contributed by atoms with E-state index >= 15 is 0 Å². The van der Waals surface area contributed by atoms with Crippen LogP contribution < -0.4 is 15.5 Å². The summed E-state index contributed by atoms with van der Waals surface area (Å²) in [6.07, 6.45) is 4.54. The molecule has 1 amide bonds. The number of benzene rings is 1. The van der Waals surface area contributed by atoms with Crippen molar-refractivity contribution in [1.29, 1.82) is 0 Å². The Morgan fingerprint density at radius 3 is 2.57 bits per heavy atom. The lowest BCUT2D eigenvalue weighted by Crippen LogP contribution is -2.40. The van der Waals surface area contributed by atoms with Gasteiger partial charge in [0.25, 0.3) is 0 Å². The third-order valence-electron chi connectivity index (χ3n) is 4.60. The second kappa shape index (κ2) is 6.48. The third-order valence-corrected chi connectivity index (χ3v) is 4.60. The summed E-state index contributed by atoms with van der Waals surface area (Å²) >= 11 is 0. The van der Waals surface area contributed by atoms with E-state index in [4.69, 9.17) is 0 Å². The van der Waals surface area contributed by atoms with E-state index in [1.165, 1.54) is 24.1 Å². The maximum Gasteiger partial charge on any atom is 0.222 e. The fraction of sp³-hybridized carbons (Fsp3) is 0.588. The van der Waals surface area contributed by atoms with Crippen LogP contribution in [0.4, 0.5) is 5.69 Å². The van der Waals surface area contributed by atoms with Gasteiger partial charge in [0.15, 0.2) is 0 Å². The number of anilines is 1. The van der Waals surface area contributed by atoms with Crippen LogP contribution in [0.5, 0.6) is 0 Å². The summed E-state index contributed by atoms with van der Waals surface area (Å²) in [4.78, 5) is 14.2. The van der Waals surface area contributed by atoms with Gasteiger partial charge in [-0.05, 0) is 37.3 Å². The normalized spacial score (nSPS) is 19.6. The summed E-state index contributed by atoms with van der Waals surface area (Å²) in [5, 5.41) is 6.37. The Morgan fingerprint density at radius 2 is 1.90 bits per heavy atom. The topological polar surface area (TPSA) is 44.4 Å². The molecule has 1 aliphatic carbocycles. The van der Waals surface area contributed by atoms with Crippen molar-refractivity contribution in [2.45, 2.75) is 38.3 Å². The van der Waals surface area contributed by atoms with Crippen molar-refractivity contribution in [2.75, 3.05) is 25.0 Å². The number of amides is 1. The fourth-order valence-electron chi connectivity index (χ4n) is 3.10. The van der Waals surface area contributed by atoms with Crippen molar-refractivity contribution in [2.24, 2.45) is 5.92 Å². The molecule has 0 radical (unpaired) electrons. The van der Waals surface area contributed by atoms with Gasteiger partial charge in [-0.3, -0.25) is 4.79 Å². The summed E-state index contributed by atoms with van der Waals surface area (Å²) in [7, 11) is 1.73. The molecule has 1 saturated heterocycles. The van der Waals surface area contributed by atoms with Crippen molar-refractivity contribution in [3.63, 3.8) is 0 Å².